The second-order valence-corrected chi connectivity index (χ2v) is 6.27. The van der Waals surface area contributed by atoms with Gasteiger partial charge in [0.25, 0.3) is 0 Å². The molecular formula is C12H17F3N2O2S. The molecule has 3 N–H and O–H groups in total. The van der Waals surface area contributed by atoms with E-state index in [-0.39, 0.29) is 11.4 Å². The third kappa shape index (κ3) is 4.46. The second-order valence-electron chi connectivity index (χ2n) is 4.59. The van der Waals surface area contributed by atoms with E-state index in [9.17, 15) is 21.6 Å². The number of benzene rings is 1. The topological polar surface area (TPSA) is 72.2 Å². The number of hydrogen-bond acceptors (Lipinski definition) is 3. The highest BCUT2D eigenvalue weighted by molar-refractivity contribution is 7.89. The number of nitrogens with two attached hydrogens (primary N) is 1. The van der Waals surface area contributed by atoms with Crippen LogP contribution in [0.1, 0.15) is 24.5 Å². The lowest BCUT2D eigenvalue weighted by molar-refractivity contribution is -0.137. The van der Waals surface area contributed by atoms with Crippen LogP contribution in [0, 0.1) is 6.92 Å². The van der Waals surface area contributed by atoms with Gasteiger partial charge in [-0.1, -0.05) is 12.1 Å². The van der Waals surface area contributed by atoms with Crippen molar-refractivity contribution in [3.05, 3.63) is 29.3 Å². The number of nitrogens with one attached hydrogen (secondary N) is 1. The summed E-state index contributed by atoms with van der Waals surface area (Å²) >= 11 is 0. The van der Waals surface area contributed by atoms with Crippen molar-refractivity contribution in [2.24, 2.45) is 5.73 Å². The largest absolute Gasteiger partial charge is 0.390 e. The number of rotatable bonds is 5. The lowest BCUT2D eigenvalue weighted by Crippen LogP contribution is -2.36. The summed E-state index contributed by atoms with van der Waals surface area (Å²) in [5.41, 5.74) is 6.56. The van der Waals surface area contributed by atoms with Gasteiger partial charge in [0, 0.05) is 12.6 Å². The molecule has 0 amide bonds. The summed E-state index contributed by atoms with van der Waals surface area (Å²) in [5, 5.41) is 0. The number of halogens is 3. The van der Waals surface area contributed by atoms with Crippen molar-refractivity contribution < 1.29 is 21.6 Å². The van der Waals surface area contributed by atoms with Crippen molar-refractivity contribution in [2.45, 2.75) is 43.9 Å². The Morgan fingerprint density at radius 3 is 2.45 bits per heavy atom. The van der Waals surface area contributed by atoms with Crippen molar-refractivity contribution in [2.75, 3.05) is 0 Å². The van der Waals surface area contributed by atoms with Crippen LogP contribution >= 0.6 is 0 Å². The summed E-state index contributed by atoms with van der Waals surface area (Å²) in [5.74, 6) is 0. The molecule has 0 aliphatic heterocycles. The van der Waals surface area contributed by atoms with E-state index in [0.717, 1.165) is 0 Å². The predicted octanol–water partition coefficient (Wildman–Crippen LogP) is 2.07. The summed E-state index contributed by atoms with van der Waals surface area (Å²) in [6.07, 6.45) is -5.64. The van der Waals surface area contributed by atoms with Crippen LogP contribution < -0.4 is 10.5 Å². The lowest BCUT2D eigenvalue weighted by atomic mass is 10.1. The molecule has 1 atom stereocenters. The number of hydrogen-bond donors (Lipinski definition) is 2. The molecule has 0 saturated carbocycles. The molecule has 1 rings (SSSR count). The Labute approximate surface area is 116 Å². The quantitative estimate of drug-likeness (QED) is 0.874. The normalized spacial score (nSPS) is 14.3. The average Bonchev–Trinajstić information content (AvgIpc) is 2.25. The summed E-state index contributed by atoms with van der Waals surface area (Å²) in [6, 6.07) is 3.30. The fourth-order valence-corrected chi connectivity index (χ4v) is 3.42. The average molecular weight is 310 g/mol. The van der Waals surface area contributed by atoms with E-state index in [0.29, 0.717) is 11.1 Å². The first kappa shape index (κ1) is 16.9. The minimum atomic E-state index is -4.42. The molecule has 0 heterocycles. The van der Waals surface area contributed by atoms with Gasteiger partial charge in [0.1, 0.15) is 0 Å². The van der Waals surface area contributed by atoms with Gasteiger partial charge in [-0.05, 0) is 31.0 Å². The van der Waals surface area contributed by atoms with Crippen LogP contribution in [-0.4, -0.2) is 20.6 Å². The summed E-state index contributed by atoms with van der Waals surface area (Å²) < 4.78 is 62.9. The first-order valence-electron chi connectivity index (χ1n) is 5.94. The first-order valence-corrected chi connectivity index (χ1v) is 7.43. The zero-order chi connectivity index (χ0) is 15.6. The molecule has 0 spiro atoms. The molecule has 0 aliphatic carbocycles. The van der Waals surface area contributed by atoms with E-state index < -0.39 is 28.7 Å². The molecule has 0 bridgehead atoms. The molecule has 20 heavy (non-hydrogen) atoms. The molecule has 0 radical (unpaired) electrons. The van der Waals surface area contributed by atoms with Crippen molar-refractivity contribution >= 4 is 10.0 Å². The molecular weight excluding hydrogens is 293 g/mol. The van der Waals surface area contributed by atoms with Crippen LogP contribution in [0.4, 0.5) is 13.2 Å². The van der Waals surface area contributed by atoms with Crippen LogP contribution in [0.2, 0.25) is 0 Å². The van der Waals surface area contributed by atoms with Gasteiger partial charge in [-0.3, -0.25) is 0 Å². The molecule has 114 valence electrons. The Bertz CT molecular complexity index is 571. The molecule has 0 fully saturated rings. The molecule has 0 aliphatic rings. The SMILES string of the molecule is Cc1c(CN)cccc1S(=O)(=O)NC(C)CC(F)(F)F. The highest BCUT2D eigenvalue weighted by Crippen LogP contribution is 2.23. The zero-order valence-corrected chi connectivity index (χ0v) is 12.0. The van der Waals surface area contributed by atoms with E-state index in [1.165, 1.54) is 19.1 Å². The van der Waals surface area contributed by atoms with Crippen molar-refractivity contribution in [1.82, 2.24) is 4.72 Å². The smallest absolute Gasteiger partial charge is 0.326 e. The molecule has 1 aromatic rings. The predicted molar refractivity (Wildman–Crippen MR) is 69.5 cm³/mol. The first-order chi connectivity index (χ1) is 9.07. The van der Waals surface area contributed by atoms with Gasteiger partial charge in [-0.15, -0.1) is 0 Å². The Hall–Kier alpha value is -1.12. The van der Waals surface area contributed by atoms with E-state index in [4.69, 9.17) is 5.73 Å². The second kappa shape index (κ2) is 6.11. The van der Waals surface area contributed by atoms with Gasteiger partial charge in [-0.2, -0.15) is 13.2 Å². The molecule has 8 heteroatoms. The van der Waals surface area contributed by atoms with Gasteiger partial charge < -0.3 is 5.73 Å². The highest BCUT2D eigenvalue weighted by atomic mass is 32.2. The molecule has 0 saturated heterocycles. The maximum atomic E-state index is 12.2. The number of alkyl halides is 3. The van der Waals surface area contributed by atoms with E-state index in [2.05, 4.69) is 0 Å². The summed E-state index contributed by atoms with van der Waals surface area (Å²) in [4.78, 5) is -0.0468. The maximum Gasteiger partial charge on any atom is 0.390 e. The van der Waals surface area contributed by atoms with Gasteiger partial charge in [0.15, 0.2) is 0 Å². The van der Waals surface area contributed by atoms with E-state index in [1.54, 1.807) is 13.0 Å². The van der Waals surface area contributed by atoms with Crippen LogP contribution in [0.25, 0.3) is 0 Å². The third-order valence-electron chi connectivity index (χ3n) is 2.80. The maximum absolute atomic E-state index is 12.2. The molecule has 0 aromatic heterocycles. The van der Waals surface area contributed by atoms with Gasteiger partial charge in [-0.25, -0.2) is 13.1 Å². The van der Waals surface area contributed by atoms with Gasteiger partial charge >= 0.3 is 6.18 Å². The van der Waals surface area contributed by atoms with Crippen molar-refractivity contribution in [3.8, 4) is 0 Å². The van der Waals surface area contributed by atoms with Crippen LogP contribution in [0.3, 0.4) is 0 Å². The Morgan fingerprint density at radius 2 is 1.95 bits per heavy atom. The minimum Gasteiger partial charge on any atom is -0.326 e. The fourth-order valence-electron chi connectivity index (χ4n) is 1.89. The summed E-state index contributed by atoms with van der Waals surface area (Å²) in [6.45, 7) is 2.91. The highest BCUT2D eigenvalue weighted by Gasteiger charge is 2.32. The minimum absolute atomic E-state index is 0.0468. The number of sulfonamides is 1. The standard InChI is InChI=1S/C12H17F3N2O2S/c1-8(6-12(13,14)15)17-20(18,19)11-5-3-4-10(7-16)9(11)2/h3-5,8,17H,6-7,16H2,1-2H3. The Kier molecular flexibility index (Phi) is 5.17. The molecule has 4 nitrogen and oxygen atoms in total. The fraction of sp³-hybridized carbons (Fsp3) is 0.500. The van der Waals surface area contributed by atoms with Gasteiger partial charge in [0.2, 0.25) is 10.0 Å². The Morgan fingerprint density at radius 1 is 1.35 bits per heavy atom. The van der Waals surface area contributed by atoms with Crippen molar-refractivity contribution in [3.63, 3.8) is 0 Å². The van der Waals surface area contributed by atoms with E-state index >= 15 is 0 Å². The third-order valence-corrected chi connectivity index (χ3v) is 4.53. The van der Waals surface area contributed by atoms with Crippen molar-refractivity contribution in [1.29, 1.82) is 0 Å². The summed E-state index contributed by atoms with van der Waals surface area (Å²) in [7, 11) is -4.00. The van der Waals surface area contributed by atoms with Crippen LogP contribution in [0.5, 0.6) is 0 Å². The Balaban J connectivity index is 3.01. The van der Waals surface area contributed by atoms with E-state index in [1.807, 2.05) is 4.72 Å². The monoisotopic (exact) mass is 310 g/mol. The van der Waals surface area contributed by atoms with Gasteiger partial charge in [0.05, 0.1) is 11.3 Å². The van der Waals surface area contributed by atoms with Crippen LogP contribution in [-0.2, 0) is 16.6 Å². The van der Waals surface area contributed by atoms with Crippen LogP contribution in [0.15, 0.2) is 23.1 Å². The lowest BCUT2D eigenvalue weighted by Gasteiger charge is -2.17. The molecule has 1 unspecified atom stereocenters. The zero-order valence-electron chi connectivity index (χ0n) is 11.2. The molecule has 1 aromatic carbocycles.